The second-order valence-electron chi connectivity index (χ2n) is 5.93. The second-order valence-corrected chi connectivity index (χ2v) is 5.93. The smallest absolute Gasteiger partial charge is 0.323 e. The van der Waals surface area contributed by atoms with Gasteiger partial charge in [-0.1, -0.05) is 0 Å². The molecule has 0 saturated carbocycles. The van der Waals surface area contributed by atoms with E-state index in [9.17, 15) is 9.59 Å². The lowest BCUT2D eigenvalue weighted by molar-refractivity contribution is 0.0796. The molecule has 8 nitrogen and oxygen atoms in total. The Bertz CT molecular complexity index is 868. The quantitative estimate of drug-likeness (QED) is 0.863. The minimum absolute atomic E-state index is 0.147. The Morgan fingerprint density at radius 2 is 1.70 bits per heavy atom. The highest BCUT2D eigenvalue weighted by molar-refractivity contribution is 6.02. The van der Waals surface area contributed by atoms with E-state index >= 15 is 0 Å². The van der Waals surface area contributed by atoms with Gasteiger partial charge in [0, 0.05) is 24.5 Å². The van der Waals surface area contributed by atoms with Gasteiger partial charge in [0.05, 0.1) is 26.3 Å². The summed E-state index contributed by atoms with van der Waals surface area (Å²) >= 11 is 0. The van der Waals surface area contributed by atoms with Gasteiger partial charge in [-0.3, -0.25) is 4.79 Å². The first kappa shape index (κ1) is 18.4. The number of methoxy groups -OCH3 is 2. The van der Waals surface area contributed by atoms with Crippen molar-refractivity contribution < 1.29 is 23.8 Å². The van der Waals surface area contributed by atoms with Crippen LogP contribution in [-0.2, 0) is 0 Å². The SMILES string of the molecule is COc1ccc(NC(=O)Nc2ccc3c(c2)C(=O)N(C)CCO3)cc1OC. The lowest BCUT2D eigenvalue weighted by Gasteiger charge is -2.14. The van der Waals surface area contributed by atoms with Crippen molar-refractivity contribution in [3.05, 3.63) is 42.0 Å². The standard InChI is InChI=1S/C19H21N3O5/c1-22-8-9-27-15-6-4-12(10-14(15)18(22)23)20-19(24)21-13-5-7-16(25-2)17(11-13)26-3/h4-7,10-11H,8-9H2,1-3H3,(H2,20,21,24). The third-order valence-electron chi connectivity index (χ3n) is 4.14. The van der Waals surface area contributed by atoms with Gasteiger partial charge in [-0.05, 0) is 30.3 Å². The number of hydrogen-bond acceptors (Lipinski definition) is 5. The van der Waals surface area contributed by atoms with Gasteiger partial charge in [0.25, 0.3) is 5.91 Å². The van der Waals surface area contributed by atoms with Crippen molar-refractivity contribution in [3.8, 4) is 17.2 Å². The van der Waals surface area contributed by atoms with Crippen LogP contribution < -0.4 is 24.8 Å². The number of urea groups is 1. The van der Waals surface area contributed by atoms with E-state index in [-0.39, 0.29) is 5.91 Å². The fraction of sp³-hybridized carbons (Fsp3) is 0.263. The molecular weight excluding hydrogens is 350 g/mol. The third-order valence-corrected chi connectivity index (χ3v) is 4.14. The highest BCUT2D eigenvalue weighted by Gasteiger charge is 2.21. The number of hydrogen-bond donors (Lipinski definition) is 2. The Balaban J connectivity index is 1.73. The number of fused-ring (bicyclic) bond motifs is 1. The number of nitrogens with one attached hydrogen (secondary N) is 2. The highest BCUT2D eigenvalue weighted by atomic mass is 16.5. The molecule has 2 aromatic rings. The van der Waals surface area contributed by atoms with E-state index in [0.717, 1.165) is 0 Å². The summed E-state index contributed by atoms with van der Waals surface area (Å²) in [5, 5.41) is 5.43. The van der Waals surface area contributed by atoms with Crippen LogP contribution in [0.25, 0.3) is 0 Å². The number of rotatable bonds is 4. The number of likely N-dealkylation sites (N-methyl/N-ethyl adjacent to an activating group) is 1. The number of anilines is 2. The molecule has 0 aliphatic carbocycles. The molecule has 2 aromatic carbocycles. The van der Waals surface area contributed by atoms with Gasteiger partial charge in [0.1, 0.15) is 12.4 Å². The van der Waals surface area contributed by atoms with Gasteiger partial charge in [0.15, 0.2) is 11.5 Å². The molecular formula is C19H21N3O5. The molecule has 0 aromatic heterocycles. The first-order valence-corrected chi connectivity index (χ1v) is 8.34. The van der Waals surface area contributed by atoms with Crippen LogP contribution >= 0.6 is 0 Å². The summed E-state index contributed by atoms with van der Waals surface area (Å²) in [6, 6.07) is 9.57. The fourth-order valence-electron chi connectivity index (χ4n) is 2.71. The van der Waals surface area contributed by atoms with Gasteiger partial charge >= 0.3 is 6.03 Å². The molecule has 1 aliphatic rings. The maximum absolute atomic E-state index is 12.4. The van der Waals surface area contributed by atoms with Crippen molar-refractivity contribution in [3.63, 3.8) is 0 Å². The molecule has 0 bridgehead atoms. The Hall–Kier alpha value is -3.42. The van der Waals surface area contributed by atoms with E-state index in [1.807, 2.05) is 0 Å². The first-order chi connectivity index (χ1) is 13.0. The van der Waals surface area contributed by atoms with Crippen LogP contribution in [0.3, 0.4) is 0 Å². The molecule has 3 rings (SSSR count). The zero-order valence-corrected chi connectivity index (χ0v) is 15.4. The average Bonchev–Trinajstić information content (AvgIpc) is 2.80. The monoisotopic (exact) mass is 371 g/mol. The first-order valence-electron chi connectivity index (χ1n) is 8.34. The normalized spacial score (nSPS) is 13.1. The molecule has 2 N–H and O–H groups in total. The van der Waals surface area contributed by atoms with Crippen LogP contribution in [0.2, 0.25) is 0 Å². The summed E-state index contributed by atoms with van der Waals surface area (Å²) in [4.78, 5) is 26.3. The second kappa shape index (κ2) is 7.86. The van der Waals surface area contributed by atoms with E-state index in [1.54, 1.807) is 55.5 Å². The zero-order chi connectivity index (χ0) is 19.4. The Kier molecular flexibility index (Phi) is 5.35. The number of benzene rings is 2. The van der Waals surface area contributed by atoms with Gasteiger partial charge in [0.2, 0.25) is 0 Å². The molecule has 0 spiro atoms. The van der Waals surface area contributed by atoms with Gasteiger partial charge < -0.3 is 29.7 Å². The van der Waals surface area contributed by atoms with E-state index in [0.29, 0.717) is 47.3 Å². The maximum atomic E-state index is 12.4. The molecule has 142 valence electrons. The predicted octanol–water partition coefficient (Wildman–Crippen LogP) is 2.81. The van der Waals surface area contributed by atoms with Crippen LogP contribution in [0.4, 0.5) is 16.2 Å². The number of amides is 3. The molecule has 1 heterocycles. The van der Waals surface area contributed by atoms with Crippen LogP contribution in [0.5, 0.6) is 17.2 Å². The van der Waals surface area contributed by atoms with Crippen molar-refractivity contribution >= 4 is 23.3 Å². The summed E-state index contributed by atoms with van der Waals surface area (Å²) in [5.74, 6) is 1.43. The van der Waals surface area contributed by atoms with Gasteiger partial charge in [-0.25, -0.2) is 4.79 Å². The van der Waals surface area contributed by atoms with Gasteiger partial charge in [-0.2, -0.15) is 0 Å². The predicted molar refractivity (Wildman–Crippen MR) is 101 cm³/mol. The average molecular weight is 371 g/mol. The largest absolute Gasteiger partial charge is 0.493 e. The molecule has 0 unspecified atom stereocenters. The van der Waals surface area contributed by atoms with Crippen molar-refractivity contribution in [2.75, 3.05) is 45.1 Å². The maximum Gasteiger partial charge on any atom is 0.323 e. The summed E-state index contributed by atoms with van der Waals surface area (Å²) < 4.78 is 16.0. The van der Waals surface area contributed by atoms with Crippen LogP contribution in [0.15, 0.2) is 36.4 Å². The van der Waals surface area contributed by atoms with E-state index in [1.165, 1.54) is 7.11 Å². The Labute approximate surface area is 157 Å². The summed E-state index contributed by atoms with van der Waals surface area (Å²) in [6.45, 7) is 0.942. The molecule has 0 saturated heterocycles. The van der Waals surface area contributed by atoms with E-state index in [2.05, 4.69) is 10.6 Å². The molecule has 0 radical (unpaired) electrons. The number of ether oxygens (including phenoxy) is 3. The number of carbonyl (C=O) groups is 2. The third kappa shape index (κ3) is 4.05. The van der Waals surface area contributed by atoms with E-state index in [4.69, 9.17) is 14.2 Å². The molecule has 27 heavy (non-hydrogen) atoms. The van der Waals surface area contributed by atoms with Gasteiger partial charge in [-0.15, -0.1) is 0 Å². The fourth-order valence-corrected chi connectivity index (χ4v) is 2.71. The minimum Gasteiger partial charge on any atom is -0.493 e. The Morgan fingerprint density at radius 3 is 2.41 bits per heavy atom. The van der Waals surface area contributed by atoms with Crippen molar-refractivity contribution in [1.82, 2.24) is 4.90 Å². The van der Waals surface area contributed by atoms with E-state index < -0.39 is 6.03 Å². The zero-order valence-electron chi connectivity index (χ0n) is 15.4. The summed E-state index contributed by atoms with van der Waals surface area (Å²) in [7, 11) is 4.77. The number of nitrogens with zero attached hydrogens (tertiary/aromatic N) is 1. The molecule has 0 atom stereocenters. The topological polar surface area (TPSA) is 89.1 Å². The van der Waals surface area contributed by atoms with Crippen molar-refractivity contribution in [2.45, 2.75) is 0 Å². The molecule has 3 amide bonds. The molecule has 0 fully saturated rings. The van der Waals surface area contributed by atoms with Crippen LogP contribution in [-0.4, -0.2) is 51.3 Å². The summed E-state index contributed by atoms with van der Waals surface area (Å²) in [6.07, 6.45) is 0. The van der Waals surface area contributed by atoms with Crippen LogP contribution in [0, 0.1) is 0 Å². The summed E-state index contributed by atoms with van der Waals surface area (Å²) in [5.41, 5.74) is 1.44. The van der Waals surface area contributed by atoms with Crippen LogP contribution in [0.1, 0.15) is 10.4 Å². The highest BCUT2D eigenvalue weighted by Crippen LogP contribution is 2.30. The van der Waals surface area contributed by atoms with Crippen molar-refractivity contribution in [2.24, 2.45) is 0 Å². The lowest BCUT2D eigenvalue weighted by Crippen LogP contribution is -2.28. The Morgan fingerprint density at radius 1 is 1.04 bits per heavy atom. The van der Waals surface area contributed by atoms with Crippen molar-refractivity contribution in [1.29, 1.82) is 0 Å². The minimum atomic E-state index is -0.447. The molecule has 1 aliphatic heterocycles. The lowest BCUT2D eigenvalue weighted by atomic mass is 10.1. The molecule has 8 heteroatoms. The number of carbonyl (C=O) groups excluding carboxylic acids is 2.